The first-order valence-electron chi connectivity index (χ1n) is 7.11. The van der Waals surface area contributed by atoms with E-state index < -0.39 is 0 Å². The van der Waals surface area contributed by atoms with E-state index >= 15 is 0 Å². The number of halogens is 1. The van der Waals surface area contributed by atoms with E-state index in [1.807, 2.05) is 7.05 Å². The molecule has 1 N–H and O–H groups in total. The smallest absolute Gasteiger partial charge is 0.276 e. The van der Waals surface area contributed by atoms with Gasteiger partial charge in [0, 0.05) is 13.1 Å². The zero-order chi connectivity index (χ0) is 15.0. The van der Waals surface area contributed by atoms with Crippen LogP contribution in [0.5, 0.6) is 0 Å². The predicted octanol–water partition coefficient (Wildman–Crippen LogP) is 2.57. The van der Waals surface area contributed by atoms with E-state index in [0.29, 0.717) is 10.8 Å². The van der Waals surface area contributed by atoms with Crippen LogP contribution in [0, 0.1) is 0 Å². The molecule has 0 bridgehead atoms. The monoisotopic (exact) mass is 368 g/mol. The van der Waals surface area contributed by atoms with Crippen LogP contribution < -0.4 is 5.32 Å². The molecule has 0 radical (unpaired) electrons. The highest BCUT2D eigenvalue weighted by Crippen LogP contribution is 2.27. The van der Waals surface area contributed by atoms with Crippen LogP contribution >= 0.6 is 28.1 Å². The highest BCUT2D eigenvalue weighted by Gasteiger charge is 2.36. The first-order valence-corrected chi connectivity index (χ1v) is 8.32. The molecule has 5 nitrogen and oxygen atoms in total. The average Bonchev–Trinajstić information content (AvgIpc) is 2.94. The Labute approximate surface area is 137 Å². The lowest BCUT2D eigenvalue weighted by Crippen LogP contribution is -2.41. The molecular weight excluding hydrogens is 352 g/mol. The molecular formula is C14H17BrN4OS. The van der Waals surface area contributed by atoms with Crippen molar-refractivity contribution in [1.82, 2.24) is 20.0 Å². The van der Waals surface area contributed by atoms with Gasteiger partial charge in [-0.1, -0.05) is 19.3 Å². The minimum atomic E-state index is -0.0278. The summed E-state index contributed by atoms with van der Waals surface area (Å²) >= 11 is 8.79. The zero-order valence-electron chi connectivity index (χ0n) is 11.8. The van der Waals surface area contributed by atoms with E-state index in [9.17, 15) is 4.79 Å². The topological polar surface area (TPSA) is 50.2 Å². The second-order valence-corrected chi connectivity index (χ2v) is 6.70. The highest BCUT2D eigenvalue weighted by atomic mass is 79.9. The summed E-state index contributed by atoms with van der Waals surface area (Å²) in [6.45, 7) is 0. The number of nitrogens with zero attached hydrogens (tertiary/aromatic N) is 3. The molecule has 0 spiro atoms. The fourth-order valence-electron chi connectivity index (χ4n) is 2.94. The minimum Gasteiger partial charge on any atom is -0.328 e. The van der Waals surface area contributed by atoms with Gasteiger partial charge < -0.3 is 5.32 Å². The Morgan fingerprint density at radius 3 is 2.76 bits per heavy atom. The van der Waals surface area contributed by atoms with Gasteiger partial charge in [-0.3, -0.25) is 14.4 Å². The molecule has 1 amide bonds. The number of carbonyl (C=O) groups excluding carboxylic acids is 1. The first-order chi connectivity index (χ1) is 10.1. The molecule has 1 saturated carbocycles. The Balaban J connectivity index is 1.86. The standard InChI is InChI=1S/C14H17BrN4OS/c1-18-12(10(15)8-16-18)7-11-13(20)19(14(21)17-11)9-5-3-2-4-6-9/h7-9H,2-6H2,1H3,(H,17,21)/b11-7+. The molecule has 1 aromatic rings. The van der Waals surface area contributed by atoms with E-state index in [-0.39, 0.29) is 11.9 Å². The van der Waals surface area contributed by atoms with Crippen LogP contribution in [-0.4, -0.2) is 31.7 Å². The van der Waals surface area contributed by atoms with Crippen LogP contribution in [0.4, 0.5) is 0 Å². The molecule has 0 aromatic carbocycles. The van der Waals surface area contributed by atoms with Gasteiger partial charge in [0.25, 0.3) is 5.91 Å². The van der Waals surface area contributed by atoms with E-state index in [1.54, 1.807) is 21.9 Å². The van der Waals surface area contributed by atoms with Gasteiger partial charge in [-0.05, 0) is 47.1 Å². The molecule has 112 valence electrons. The maximum atomic E-state index is 12.6. The van der Waals surface area contributed by atoms with Crippen LogP contribution in [0.3, 0.4) is 0 Å². The number of aromatic nitrogens is 2. The fourth-order valence-corrected chi connectivity index (χ4v) is 3.74. The number of aryl methyl sites for hydroxylation is 1. The van der Waals surface area contributed by atoms with Crippen molar-refractivity contribution in [2.75, 3.05) is 0 Å². The number of rotatable bonds is 2. The van der Waals surface area contributed by atoms with Gasteiger partial charge in [-0.2, -0.15) is 5.10 Å². The van der Waals surface area contributed by atoms with Crippen LogP contribution in [0.2, 0.25) is 0 Å². The summed E-state index contributed by atoms with van der Waals surface area (Å²) in [4.78, 5) is 14.4. The molecule has 21 heavy (non-hydrogen) atoms. The largest absolute Gasteiger partial charge is 0.328 e. The maximum Gasteiger partial charge on any atom is 0.276 e. The molecule has 1 aliphatic heterocycles. The molecule has 0 unspecified atom stereocenters. The molecule has 3 rings (SSSR count). The number of carbonyl (C=O) groups is 1. The Bertz CT molecular complexity index is 599. The van der Waals surface area contributed by atoms with Gasteiger partial charge in [-0.15, -0.1) is 0 Å². The van der Waals surface area contributed by atoms with E-state index in [2.05, 4.69) is 26.3 Å². The summed E-state index contributed by atoms with van der Waals surface area (Å²) in [5.74, 6) is -0.0278. The van der Waals surface area contributed by atoms with Crippen molar-refractivity contribution in [1.29, 1.82) is 0 Å². The van der Waals surface area contributed by atoms with Crippen molar-refractivity contribution >= 4 is 45.2 Å². The quantitative estimate of drug-likeness (QED) is 0.643. The van der Waals surface area contributed by atoms with Gasteiger partial charge in [0.05, 0.1) is 16.4 Å². The lowest BCUT2D eigenvalue weighted by atomic mass is 9.94. The fraction of sp³-hybridized carbons (Fsp3) is 0.500. The van der Waals surface area contributed by atoms with Crippen LogP contribution in [0.15, 0.2) is 16.4 Å². The summed E-state index contributed by atoms with van der Waals surface area (Å²) in [5, 5.41) is 7.73. The SMILES string of the molecule is Cn1ncc(Br)c1/C=C1/NC(=S)N(C2CCCCC2)C1=O. The molecule has 2 heterocycles. The number of amides is 1. The highest BCUT2D eigenvalue weighted by molar-refractivity contribution is 9.10. The summed E-state index contributed by atoms with van der Waals surface area (Å²) in [6, 6.07) is 0.243. The molecule has 1 aromatic heterocycles. The van der Waals surface area contributed by atoms with Crippen molar-refractivity contribution in [2.24, 2.45) is 7.05 Å². The van der Waals surface area contributed by atoms with Gasteiger partial charge in [0.15, 0.2) is 5.11 Å². The van der Waals surface area contributed by atoms with Gasteiger partial charge in [0.2, 0.25) is 0 Å². The first kappa shape index (κ1) is 14.7. The van der Waals surface area contributed by atoms with Crippen molar-refractivity contribution in [2.45, 2.75) is 38.1 Å². The van der Waals surface area contributed by atoms with Gasteiger partial charge >= 0.3 is 0 Å². The lowest BCUT2D eigenvalue weighted by molar-refractivity contribution is -0.124. The predicted molar refractivity (Wildman–Crippen MR) is 88.3 cm³/mol. The molecule has 2 fully saturated rings. The third-order valence-corrected chi connectivity index (χ3v) is 4.98. The number of thiocarbonyl (C=S) groups is 1. The average molecular weight is 369 g/mol. The van der Waals surface area contributed by atoms with Crippen LogP contribution in [0.1, 0.15) is 37.8 Å². The third kappa shape index (κ3) is 2.76. The van der Waals surface area contributed by atoms with Gasteiger partial charge in [0.1, 0.15) is 5.70 Å². The Hall–Kier alpha value is -1.21. The van der Waals surface area contributed by atoms with Crippen molar-refractivity contribution in [3.8, 4) is 0 Å². The maximum absolute atomic E-state index is 12.6. The van der Waals surface area contributed by atoms with Crippen LogP contribution in [-0.2, 0) is 11.8 Å². The molecule has 1 aliphatic carbocycles. The number of hydrogen-bond donors (Lipinski definition) is 1. The van der Waals surface area contributed by atoms with Crippen LogP contribution in [0.25, 0.3) is 6.08 Å². The summed E-state index contributed by atoms with van der Waals surface area (Å²) in [5.41, 5.74) is 1.37. The lowest BCUT2D eigenvalue weighted by Gasteiger charge is -2.29. The number of nitrogens with one attached hydrogen (secondary N) is 1. The van der Waals surface area contributed by atoms with E-state index in [4.69, 9.17) is 12.2 Å². The molecule has 1 saturated heterocycles. The molecule has 2 aliphatic rings. The zero-order valence-corrected chi connectivity index (χ0v) is 14.2. The third-order valence-electron chi connectivity index (χ3n) is 4.07. The summed E-state index contributed by atoms with van der Waals surface area (Å²) < 4.78 is 2.58. The minimum absolute atomic E-state index is 0.0278. The van der Waals surface area contributed by atoms with Crippen molar-refractivity contribution in [3.63, 3.8) is 0 Å². The summed E-state index contributed by atoms with van der Waals surface area (Å²) in [7, 11) is 1.84. The van der Waals surface area contributed by atoms with E-state index in [0.717, 1.165) is 23.0 Å². The second-order valence-electron chi connectivity index (χ2n) is 5.46. The second kappa shape index (κ2) is 5.88. The van der Waals surface area contributed by atoms with Crippen molar-refractivity contribution in [3.05, 3.63) is 22.1 Å². The Morgan fingerprint density at radius 2 is 2.14 bits per heavy atom. The Kier molecular flexibility index (Phi) is 4.12. The number of hydrogen-bond acceptors (Lipinski definition) is 3. The molecule has 7 heteroatoms. The Morgan fingerprint density at radius 1 is 1.43 bits per heavy atom. The van der Waals surface area contributed by atoms with Crippen molar-refractivity contribution < 1.29 is 4.79 Å². The normalized spacial score (nSPS) is 22.2. The summed E-state index contributed by atoms with van der Waals surface area (Å²) in [6.07, 6.45) is 9.18. The molecule has 0 atom stereocenters. The van der Waals surface area contributed by atoms with E-state index in [1.165, 1.54) is 19.3 Å². The van der Waals surface area contributed by atoms with Gasteiger partial charge in [-0.25, -0.2) is 0 Å².